The Bertz CT molecular complexity index is 448. The minimum absolute atomic E-state index is 0.801. The molecular weight excluding hydrogens is 218 g/mol. The number of hydrogen-bond donors (Lipinski definition) is 1. The summed E-state index contributed by atoms with van der Waals surface area (Å²) >= 11 is 1.75. The molecule has 3 nitrogen and oxygen atoms in total. The molecular formula is C12H15N3S. The van der Waals surface area contributed by atoms with Crippen LogP contribution in [0.3, 0.4) is 0 Å². The number of rotatable bonds is 4. The molecule has 0 saturated heterocycles. The zero-order valence-corrected chi connectivity index (χ0v) is 10.3. The summed E-state index contributed by atoms with van der Waals surface area (Å²) < 4.78 is 1.90. The molecule has 0 atom stereocenters. The number of hydrogen-bond acceptors (Lipinski definition) is 3. The predicted octanol–water partition coefficient (Wildman–Crippen LogP) is 2.31. The molecule has 0 amide bonds. The summed E-state index contributed by atoms with van der Waals surface area (Å²) in [5.41, 5.74) is 2.15. The van der Waals surface area contributed by atoms with Crippen LogP contribution in [0, 0.1) is 0 Å². The first kappa shape index (κ1) is 11.2. The topological polar surface area (TPSA) is 29.9 Å². The number of thioether (sulfide) groups is 1. The minimum atomic E-state index is 0.801. The maximum Gasteiger partial charge on any atom is 0.0766 e. The third-order valence-electron chi connectivity index (χ3n) is 2.34. The van der Waals surface area contributed by atoms with Gasteiger partial charge in [-0.05, 0) is 43.6 Å². The first-order valence-corrected chi connectivity index (χ1v) is 6.39. The first-order chi connectivity index (χ1) is 7.83. The van der Waals surface area contributed by atoms with Crippen LogP contribution in [0.25, 0.3) is 5.69 Å². The lowest BCUT2D eigenvalue weighted by Gasteiger charge is -2.02. The molecule has 0 unspecified atom stereocenters. The van der Waals surface area contributed by atoms with Gasteiger partial charge in [-0.1, -0.05) is 0 Å². The van der Waals surface area contributed by atoms with Gasteiger partial charge in [-0.15, -0.1) is 11.8 Å². The highest BCUT2D eigenvalue weighted by atomic mass is 32.2. The largest absolute Gasteiger partial charge is 0.314 e. The first-order valence-electron chi connectivity index (χ1n) is 5.17. The van der Waals surface area contributed by atoms with Crippen molar-refractivity contribution < 1.29 is 0 Å². The molecule has 1 heterocycles. The predicted molar refractivity (Wildman–Crippen MR) is 68.1 cm³/mol. The van der Waals surface area contributed by atoms with Crippen LogP contribution in [0.15, 0.2) is 41.4 Å². The van der Waals surface area contributed by atoms with E-state index < -0.39 is 0 Å². The fraction of sp³-hybridized carbons (Fsp3) is 0.250. The average Bonchev–Trinajstić information content (AvgIpc) is 2.78. The number of aromatic nitrogens is 2. The molecule has 4 heteroatoms. The smallest absolute Gasteiger partial charge is 0.0766 e. The summed E-state index contributed by atoms with van der Waals surface area (Å²) in [6, 6.07) is 10.4. The second-order valence-electron chi connectivity index (χ2n) is 3.48. The van der Waals surface area contributed by atoms with Crippen LogP contribution in [-0.2, 0) is 6.54 Å². The molecule has 0 fully saturated rings. The Morgan fingerprint density at radius 3 is 2.62 bits per heavy atom. The monoisotopic (exact) mass is 233 g/mol. The Kier molecular flexibility index (Phi) is 3.64. The Hall–Kier alpha value is -1.26. The number of nitrogens with one attached hydrogen (secondary N) is 1. The van der Waals surface area contributed by atoms with Gasteiger partial charge in [-0.25, -0.2) is 4.68 Å². The summed E-state index contributed by atoms with van der Waals surface area (Å²) in [5, 5.41) is 7.56. The van der Waals surface area contributed by atoms with Gasteiger partial charge in [0.15, 0.2) is 0 Å². The van der Waals surface area contributed by atoms with Crippen molar-refractivity contribution in [2.45, 2.75) is 11.4 Å². The summed E-state index contributed by atoms with van der Waals surface area (Å²) in [6.45, 7) is 0.801. The van der Waals surface area contributed by atoms with Gasteiger partial charge in [0, 0.05) is 17.6 Å². The van der Waals surface area contributed by atoms with Crippen molar-refractivity contribution in [2.24, 2.45) is 0 Å². The Balaban J connectivity index is 2.21. The van der Waals surface area contributed by atoms with Crippen LogP contribution >= 0.6 is 11.8 Å². The zero-order valence-electron chi connectivity index (χ0n) is 9.47. The van der Waals surface area contributed by atoms with Gasteiger partial charge in [0.05, 0.1) is 11.4 Å². The van der Waals surface area contributed by atoms with Crippen molar-refractivity contribution in [3.05, 3.63) is 42.2 Å². The summed E-state index contributed by atoms with van der Waals surface area (Å²) in [5.74, 6) is 0. The molecule has 0 spiro atoms. The fourth-order valence-electron chi connectivity index (χ4n) is 1.52. The maximum atomic E-state index is 4.47. The highest BCUT2D eigenvalue weighted by Crippen LogP contribution is 2.16. The van der Waals surface area contributed by atoms with E-state index in [4.69, 9.17) is 0 Å². The van der Waals surface area contributed by atoms with Crippen molar-refractivity contribution in [1.82, 2.24) is 15.1 Å². The standard InChI is InChI=1S/C12H15N3S/c1-13-9-10-7-8-15(14-10)11-3-5-12(16-2)6-4-11/h3-8,13H,9H2,1-2H3. The minimum Gasteiger partial charge on any atom is -0.314 e. The highest BCUT2D eigenvalue weighted by Gasteiger charge is 2.00. The molecule has 84 valence electrons. The Morgan fingerprint density at radius 1 is 1.25 bits per heavy atom. The molecule has 2 aromatic rings. The van der Waals surface area contributed by atoms with Crippen molar-refractivity contribution in [3.63, 3.8) is 0 Å². The fourth-order valence-corrected chi connectivity index (χ4v) is 1.92. The van der Waals surface area contributed by atoms with Crippen molar-refractivity contribution in [2.75, 3.05) is 13.3 Å². The van der Waals surface area contributed by atoms with Crippen LogP contribution in [0.2, 0.25) is 0 Å². The van der Waals surface area contributed by atoms with Crippen molar-refractivity contribution >= 4 is 11.8 Å². The van der Waals surface area contributed by atoms with Crippen molar-refractivity contribution in [3.8, 4) is 5.69 Å². The maximum absolute atomic E-state index is 4.47. The molecule has 0 bridgehead atoms. The third-order valence-corrected chi connectivity index (χ3v) is 3.08. The molecule has 16 heavy (non-hydrogen) atoms. The SMILES string of the molecule is CNCc1ccn(-c2ccc(SC)cc2)n1. The Morgan fingerprint density at radius 2 is 2.00 bits per heavy atom. The average molecular weight is 233 g/mol. The van der Waals surface area contributed by atoms with Crippen LogP contribution in [-0.4, -0.2) is 23.1 Å². The third kappa shape index (κ3) is 2.46. The zero-order chi connectivity index (χ0) is 11.4. The molecule has 0 aliphatic rings. The lowest BCUT2D eigenvalue weighted by Crippen LogP contribution is -2.06. The molecule has 1 aromatic carbocycles. The van der Waals surface area contributed by atoms with Crippen LogP contribution < -0.4 is 5.32 Å². The van der Waals surface area contributed by atoms with Crippen LogP contribution in [0.1, 0.15) is 5.69 Å². The molecule has 0 aliphatic carbocycles. The van der Waals surface area contributed by atoms with Gasteiger partial charge in [0.1, 0.15) is 0 Å². The van der Waals surface area contributed by atoms with Gasteiger partial charge in [-0.2, -0.15) is 5.10 Å². The second kappa shape index (κ2) is 5.18. The van der Waals surface area contributed by atoms with Crippen LogP contribution in [0.5, 0.6) is 0 Å². The van der Waals surface area contributed by atoms with Crippen molar-refractivity contribution in [1.29, 1.82) is 0 Å². The molecule has 0 radical (unpaired) electrons. The van der Waals surface area contributed by atoms with Gasteiger partial charge < -0.3 is 5.32 Å². The van der Waals surface area contributed by atoms with E-state index in [2.05, 4.69) is 40.9 Å². The van der Waals surface area contributed by atoms with E-state index in [9.17, 15) is 0 Å². The van der Waals surface area contributed by atoms with Gasteiger partial charge in [-0.3, -0.25) is 0 Å². The lowest BCUT2D eigenvalue weighted by atomic mass is 10.3. The molecule has 1 N–H and O–H groups in total. The van der Waals surface area contributed by atoms with E-state index in [0.717, 1.165) is 17.9 Å². The van der Waals surface area contributed by atoms with Gasteiger partial charge in [0.2, 0.25) is 0 Å². The van der Waals surface area contributed by atoms with E-state index in [1.165, 1.54) is 4.90 Å². The molecule has 0 aliphatic heterocycles. The summed E-state index contributed by atoms with van der Waals surface area (Å²) in [7, 11) is 1.92. The van der Waals surface area contributed by atoms with Gasteiger partial charge in [0.25, 0.3) is 0 Å². The van der Waals surface area contributed by atoms with Gasteiger partial charge >= 0.3 is 0 Å². The second-order valence-corrected chi connectivity index (χ2v) is 4.36. The summed E-state index contributed by atoms with van der Waals surface area (Å²) in [6.07, 6.45) is 4.06. The number of benzene rings is 1. The van der Waals surface area contributed by atoms with E-state index in [-0.39, 0.29) is 0 Å². The normalized spacial score (nSPS) is 10.6. The highest BCUT2D eigenvalue weighted by molar-refractivity contribution is 7.98. The molecule has 0 saturated carbocycles. The van der Waals surface area contributed by atoms with E-state index >= 15 is 0 Å². The lowest BCUT2D eigenvalue weighted by molar-refractivity contribution is 0.757. The quantitative estimate of drug-likeness (QED) is 0.822. The van der Waals surface area contributed by atoms with Crippen LogP contribution in [0.4, 0.5) is 0 Å². The molecule has 1 aromatic heterocycles. The Labute approximate surface area is 99.9 Å². The van der Waals surface area contributed by atoms with E-state index in [0.29, 0.717) is 0 Å². The van der Waals surface area contributed by atoms with E-state index in [1.54, 1.807) is 11.8 Å². The molecule has 2 rings (SSSR count). The van der Waals surface area contributed by atoms with E-state index in [1.807, 2.05) is 24.0 Å². The number of nitrogens with zero attached hydrogens (tertiary/aromatic N) is 2. The summed E-state index contributed by atoms with van der Waals surface area (Å²) in [4.78, 5) is 1.27.